The van der Waals surface area contributed by atoms with Gasteiger partial charge in [-0.1, -0.05) is 18.2 Å². The zero-order chi connectivity index (χ0) is 22.6. The zero-order valence-electron chi connectivity index (χ0n) is 17.8. The van der Waals surface area contributed by atoms with E-state index < -0.39 is 18.0 Å². The van der Waals surface area contributed by atoms with E-state index in [1.54, 1.807) is 42.9 Å². The summed E-state index contributed by atoms with van der Waals surface area (Å²) >= 11 is 0. The standard InChI is InChI=1S/C25H23N3O5/c29-24(18-6-4-10-27-16-18)33-23-19-7-1-2-8-20(19)32-25(30)21(23)22(17-5-3-9-26-15-17)28-11-13-31-14-12-28/h1-10,15-16,22,24,29H,11-14H2/t22-,24+/m1/s1. The van der Waals surface area contributed by atoms with E-state index in [9.17, 15) is 9.90 Å². The number of rotatable bonds is 6. The van der Waals surface area contributed by atoms with Crippen molar-refractivity contribution in [3.63, 3.8) is 0 Å². The van der Waals surface area contributed by atoms with Crippen LogP contribution in [-0.2, 0) is 4.74 Å². The number of para-hydroxylation sites is 1. The molecule has 1 aliphatic rings. The lowest BCUT2D eigenvalue weighted by Crippen LogP contribution is -2.41. The number of aliphatic hydroxyl groups excluding tert-OH is 1. The van der Waals surface area contributed by atoms with E-state index in [2.05, 4.69) is 14.9 Å². The molecule has 1 aromatic carbocycles. The largest absolute Gasteiger partial charge is 0.459 e. The number of hydrogen-bond acceptors (Lipinski definition) is 8. The number of fused-ring (bicyclic) bond motifs is 1. The highest BCUT2D eigenvalue weighted by molar-refractivity contribution is 5.84. The SMILES string of the molecule is O=c1oc2ccccc2c(O[C@H](O)c2cccnc2)c1[C@@H](c1cccnc1)N1CCOCC1. The van der Waals surface area contributed by atoms with Crippen LogP contribution in [-0.4, -0.2) is 46.3 Å². The Bertz CT molecular complexity index is 1270. The van der Waals surface area contributed by atoms with Crippen molar-refractivity contribution >= 4 is 11.0 Å². The van der Waals surface area contributed by atoms with Gasteiger partial charge in [-0.2, -0.15) is 0 Å². The van der Waals surface area contributed by atoms with Gasteiger partial charge < -0.3 is 19.0 Å². The van der Waals surface area contributed by atoms with Crippen LogP contribution in [0.2, 0.25) is 0 Å². The number of aromatic nitrogens is 2. The lowest BCUT2D eigenvalue weighted by molar-refractivity contribution is -0.0215. The van der Waals surface area contributed by atoms with Crippen LogP contribution < -0.4 is 10.4 Å². The first-order valence-corrected chi connectivity index (χ1v) is 10.7. The fourth-order valence-corrected chi connectivity index (χ4v) is 4.13. The van der Waals surface area contributed by atoms with Crippen molar-refractivity contribution in [2.45, 2.75) is 12.3 Å². The van der Waals surface area contributed by atoms with Crippen LogP contribution in [0.4, 0.5) is 0 Å². The smallest absolute Gasteiger partial charge is 0.345 e. The van der Waals surface area contributed by atoms with E-state index in [1.165, 1.54) is 6.20 Å². The average Bonchev–Trinajstić information content (AvgIpc) is 2.87. The van der Waals surface area contributed by atoms with Gasteiger partial charge in [0.2, 0.25) is 6.29 Å². The second kappa shape index (κ2) is 9.50. The highest BCUT2D eigenvalue weighted by Gasteiger charge is 2.32. The van der Waals surface area contributed by atoms with Crippen molar-refractivity contribution in [2.24, 2.45) is 0 Å². The summed E-state index contributed by atoms with van der Waals surface area (Å²) in [6.45, 7) is 2.33. The molecule has 2 atom stereocenters. The molecule has 0 saturated carbocycles. The topological polar surface area (TPSA) is 97.9 Å². The molecule has 33 heavy (non-hydrogen) atoms. The maximum Gasteiger partial charge on any atom is 0.345 e. The molecule has 1 aliphatic heterocycles. The number of aliphatic hydroxyl groups is 1. The zero-order valence-corrected chi connectivity index (χ0v) is 17.8. The van der Waals surface area contributed by atoms with Crippen LogP contribution in [0, 0.1) is 0 Å². The van der Waals surface area contributed by atoms with E-state index in [0.717, 1.165) is 5.56 Å². The second-order valence-corrected chi connectivity index (χ2v) is 7.72. The fourth-order valence-electron chi connectivity index (χ4n) is 4.13. The van der Waals surface area contributed by atoms with E-state index in [0.29, 0.717) is 48.4 Å². The molecule has 0 unspecified atom stereocenters. The second-order valence-electron chi connectivity index (χ2n) is 7.72. The molecule has 5 rings (SSSR count). The quantitative estimate of drug-likeness (QED) is 0.357. The van der Waals surface area contributed by atoms with Crippen molar-refractivity contribution in [1.82, 2.24) is 14.9 Å². The Morgan fingerprint density at radius 3 is 2.33 bits per heavy atom. The van der Waals surface area contributed by atoms with E-state index >= 15 is 0 Å². The number of ether oxygens (including phenoxy) is 2. The summed E-state index contributed by atoms with van der Waals surface area (Å²) in [6.07, 6.45) is 5.24. The Kier molecular flexibility index (Phi) is 6.12. The molecule has 4 heterocycles. The first-order valence-electron chi connectivity index (χ1n) is 10.7. The molecule has 0 amide bonds. The Morgan fingerprint density at radius 1 is 0.939 bits per heavy atom. The van der Waals surface area contributed by atoms with Gasteiger partial charge in [0.25, 0.3) is 0 Å². The summed E-state index contributed by atoms with van der Waals surface area (Å²) in [7, 11) is 0. The van der Waals surface area contributed by atoms with Crippen molar-refractivity contribution in [3.05, 3.63) is 100 Å². The maximum absolute atomic E-state index is 13.4. The van der Waals surface area contributed by atoms with Gasteiger partial charge in [-0.3, -0.25) is 14.9 Å². The van der Waals surface area contributed by atoms with Crippen molar-refractivity contribution in [1.29, 1.82) is 0 Å². The van der Waals surface area contributed by atoms with Crippen LogP contribution in [0.3, 0.4) is 0 Å². The number of hydrogen-bond donors (Lipinski definition) is 1. The molecule has 3 aromatic heterocycles. The third kappa shape index (κ3) is 4.36. The maximum atomic E-state index is 13.4. The number of nitrogens with zero attached hydrogens (tertiary/aromatic N) is 3. The van der Waals surface area contributed by atoms with E-state index in [4.69, 9.17) is 13.9 Å². The molecule has 1 N–H and O–H groups in total. The lowest BCUT2D eigenvalue weighted by Gasteiger charge is -2.35. The molecular formula is C25H23N3O5. The molecule has 0 spiro atoms. The molecule has 1 saturated heterocycles. The molecule has 8 nitrogen and oxygen atoms in total. The molecule has 8 heteroatoms. The minimum atomic E-state index is -1.32. The van der Waals surface area contributed by atoms with Crippen molar-refractivity contribution < 1.29 is 19.0 Å². The normalized spacial score (nSPS) is 16.4. The summed E-state index contributed by atoms with van der Waals surface area (Å²) in [5.74, 6) is 0.276. The summed E-state index contributed by atoms with van der Waals surface area (Å²) in [6, 6.07) is 13.8. The number of pyridine rings is 2. The summed E-state index contributed by atoms with van der Waals surface area (Å²) in [5.41, 5.74) is 1.47. The minimum Gasteiger partial charge on any atom is -0.459 e. The van der Waals surface area contributed by atoms with E-state index in [1.807, 2.05) is 24.3 Å². The summed E-state index contributed by atoms with van der Waals surface area (Å²) in [5, 5.41) is 11.5. The predicted molar refractivity (Wildman–Crippen MR) is 121 cm³/mol. The molecule has 4 aromatic rings. The highest BCUT2D eigenvalue weighted by atomic mass is 16.6. The number of morpholine rings is 1. The van der Waals surface area contributed by atoms with Gasteiger partial charge in [0.1, 0.15) is 16.9 Å². The molecule has 0 radical (unpaired) electrons. The monoisotopic (exact) mass is 445 g/mol. The average molecular weight is 445 g/mol. The molecule has 1 fully saturated rings. The lowest BCUT2D eigenvalue weighted by atomic mass is 9.97. The Hall–Kier alpha value is -3.59. The van der Waals surface area contributed by atoms with Crippen LogP contribution in [0.25, 0.3) is 11.0 Å². The highest BCUT2D eigenvalue weighted by Crippen LogP contribution is 2.38. The third-order valence-corrected chi connectivity index (χ3v) is 5.68. The summed E-state index contributed by atoms with van der Waals surface area (Å²) in [4.78, 5) is 23.9. The van der Waals surface area contributed by atoms with Gasteiger partial charge in [0.05, 0.1) is 24.6 Å². The molecule has 168 valence electrons. The Balaban J connectivity index is 1.71. The summed E-state index contributed by atoms with van der Waals surface area (Å²) < 4.78 is 17.3. The van der Waals surface area contributed by atoms with Crippen LogP contribution in [0.1, 0.15) is 29.0 Å². The molecular weight excluding hydrogens is 422 g/mol. The van der Waals surface area contributed by atoms with Crippen LogP contribution in [0.5, 0.6) is 5.75 Å². The molecule has 0 aliphatic carbocycles. The van der Waals surface area contributed by atoms with Gasteiger partial charge in [0, 0.05) is 43.4 Å². The van der Waals surface area contributed by atoms with Gasteiger partial charge in [-0.05, 0) is 35.9 Å². The van der Waals surface area contributed by atoms with Crippen LogP contribution >= 0.6 is 0 Å². The van der Waals surface area contributed by atoms with Gasteiger partial charge in [-0.25, -0.2) is 4.79 Å². The van der Waals surface area contributed by atoms with Gasteiger partial charge >= 0.3 is 5.63 Å². The first kappa shape index (κ1) is 21.3. The van der Waals surface area contributed by atoms with Gasteiger partial charge in [0.15, 0.2) is 0 Å². The first-order chi connectivity index (χ1) is 16.2. The minimum absolute atomic E-state index is 0.276. The predicted octanol–water partition coefficient (Wildman–Crippen LogP) is 3.07. The molecule has 0 bridgehead atoms. The third-order valence-electron chi connectivity index (χ3n) is 5.68. The van der Waals surface area contributed by atoms with Gasteiger partial charge in [-0.15, -0.1) is 0 Å². The van der Waals surface area contributed by atoms with Crippen molar-refractivity contribution in [3.8, 4) is 5.75 Å². The fraction of sp³-hybridized carbons (Fsp3) is 0.240. The Labute approximate surface area is 190 Å². The number of benzene rings is 1. The van der Waals surface area contributed by atoms with E-state index in [-0.39, 0.29) is 5.75 Å². The van der Waals surface area contributed by atoms with Crippen molar-refractivity contribution in [2.75, 3.05) is 26.3 Å². The van der Waals surface area contributed by atoms with Crippen LogP contribution in [0.15, 0.2) is 82.5 Å². The Morgan fingerprint density at radius 2 is 1.64 bits per heavy atom.